The molecule has 2 aromatic carbocycles. The van der Waals surface area contributed by atoms with Crippen LogP contribution in [0.15, 0.2) is 54.6 Å². The van der Waals surface area contributed by atoms with Gasteiger partial charge in [0.25, 0.3) is 5.91 Å². The van der Waals surface area contributed by atoms with E-state index in [0.29, 0.717) is 5.75 Å². The van der Waals surface area contributed by atoms with Gasteiger partial charge in [0.2, 0.25) is 0 Å². The lowest BCUT2D eigenvalue weighted by atomic mass is 10.1. The summed E-state index contributed by atoms with van der Waals surface area (Å²) in [6.45, 7) is 5.63. The largest absolute Gasteiger partial charge is 0.478 e. The van der Waals surface area contributed by atoms with E-state index in [2.05, 4.69) is 12.2 Å². The third-order valence-electron chi connectivity index (χ3n) is 3.28. The summed E-state index contributed by atoms with van der Waals surface area (Å²) in [5, 5.41) is 2.86. The van der Waals surface area contributed by atoms with Gasteiger partial charge in [-0.15, -0.1) is 0 Å². The summed E-state index contributed by atoms with van der Waals surface area (Å²) in [6, 6.07) is 17.2. The number of carbonyl (C=O) groups is 1. The minimum absolute atomic E-state index is 0.173. The lowest BCUT2D eigenvalue weighted by Crippen LogP contribution is -2.42. The second kappa shape index (κ2) is 6.44. The van der Waals surface area contributed by atoms with Crippen LogP contribution < -0.4 is 10.1 Å². The predicted octanol–water partition coefficient (Wildman–Crippen LogP) is 4.05. The van der Waals surface area contributed by atoms with E-state index in [1.807, 2.05) is 54.6 Å². The van der Waals surface area contributed by atoms with Crippen molar-refractivity contribution in [2.24, 2.45) is 0 Å². The minimum atomic E-state index is -0.941. The fraction of sp³-hybridized carbons (Fsp3) is 0.278. The average Bonchev–Trinajstić information content (AvgIpc) is 2.48. The molecule has 1 N–H and O–H groups in total. The predicted molar refractivity (Wildman–Crippen MR) is 85.6 cm³/mol. The fourth-order valence-corrected chi connectivity index (χ4v) is 1.94. The molecule has 2 rings (SSSR count). The topological polar surface area (TPSA) is 38.3 Å². The summed E-state index contributed by atoms with van der Waals surface area (Å²) in [7, 11) is 0. The van der Waals surface area contributed by atoms with Crippen molar-refractivity contribution in [3.63, 3.8) is 0 Å². The summed E-state index contributed by atoms with van der Waals surface area (Å²) in [6.07, 6.45) is 0.984. The number of nitrogens with one attached hydrogen (secondary N) is 1. The normalized spacial score (nSPS) is 11.0. The number of hydrogen-bond acceptors (Lipinski definition) is 2. The van der Waals surface area contributed by atoms with Crippen LogP contribution in [0.25, 0.3) is 0 Å². The number of aryl methyl sites for hydroxylation is 1. The Kier molecular flexibility index (Phi) is 4.63. The molecule has 0 atom stereocenters. The van der Waals surface area contributed by atoms with Gasteiger partial charge in [0.15, 0.2) is 5.60 Å². The molecule has 3 nitrogen and oxygen atoms in total. The van der Waals surface area contributed by atoms with Crippen molar-refractivity contribution in [2.75, 3.05) is 5.32 Å². The van der Waals surface area contributed by atoms with Gasteiger partial charge in [-0.2, -0.15) is 0 Å². The van der Waals surface area contributed by atoms with Crippen molar-refractivity contribution in [1.29, 1.82) is 0 Å². The Bertz CT molecular complexity index is 588. The molecule has 0 saturated heterocycles. The van der Waals surface area contributed by atoms with E-state index in [9.17, 15) is 4.79 Å². The van der Waals surface area contributed by atoms with Gasteiger partial charge in [-0.05, 0) is 50.1 Å². The first-order valence-corrected chi connectivity index (χ1v) is 7.16. The maximum Gasteiger partial charge on any atom is 0.267 e. The van der Waals surface area contributed by atoms with E-state index in [1.54, 1.807) is 13.8 Å². The lowest BCUT2D eigenvalue weighted by Gasteiger charge is -2.25. The molecule has 0 aliphatic carbocycles. The third kappa shape index (κ3) is 4.09. The summed E-state index contributed by atoms with van der Waals surface area (Å²) in [5.74, 6) is 0.522. The highest BCUT2D eigenvalue weighted by atomic mass is 16.5. The first-order chi connectivity index (χ1) is 10.0. The first-order valence-electron chi connectivity index (χ1n) is 7.16. The van der Waals surface area contributed by atoms with Crippen LogP contribution in [0.5, 0.6) is 5.75 Å². The summed E-state index contributed by atoms with van der Waals surface area (Å²) < 4.78 is 5.82. The van der Waals surface area contributed by atoms with Gasteiger partial charge in [-0.3, -0.25) is 4.79 Å². The van der Waals surface area contributed by atoms with Crippen LogP contribution in [-0.4, -0.2) is 11.5 Å². The highest BCUT2D eigenvalue weighted by Gasteiger charge is 2.30. The van der Waals surface area contributed by atoms with Crippen LogP contribution in [0.1, 0.15) is 26.3 Å². The van der Waals surface area contributed by atoms with Crippen LogP contribution in [-0.2, 0) is 11.2 Å². The molecule has 0 saturated carbocycles. The zero-order chi connectivity index (χ0) is 15.3. The second-order valence-electron chi connectivity index (χ2n) is 5.43. The standard InChI is InChI=1S/C18H21NO2/c1-4-14-10-12-16(13-11-14)21-18(2,3)17(20)19-15-8-6-5-7-9-15/h5-13H,4H2,1-3H3,(H,19,20). The molecule has 0 aliphatic heterocycles. The van der Waals surface area contributed by atoms with Crippen LogP contribution in [0.3, 0.4) is 0 Å². The highest BCUT2D eigenvalue weighted by molar-refractivity contribution is 5.96. The van der Waals surface area contributed by atoms with Crippen molar-refractivity contribution >= 4 is 11.6 Å². The third-order valence-corrected chi connectivity index (χ3v) is 3.28. The number of anilines is 1. The van der Waals surface area contributed by atoms with Crippen LogP contribution >= 0.6 is 0 Å². The van der Waals surface area contributed by atoms with Gasteiger partial charge in [0.1, 0.15) is 5.75 Å². The zero-order valence-corrected chi connectivity index (χ0v) is 12.7. The van der Waals surface area contributed by atoms with Crippen molar-refractivity contribution in [2.45, 2.75) is 32.8 Å². The molecule has 0 spiro atoms. The Balaban J connectivity index is 2.04. The van der Waals surface area contributed by atoms with E-state index < -0.39 is 5.60 Å². The lowest BCUT2D eigenvalue weighted by molar-refractivity contribution is -0.128. The Morgan fingerprint density at radius 2 is 1.67 bits per heavy atom. The monoisotopic (exact) mass is 283 g/mol. The molecule has 2 aromatic rings. The van der Waals surface area contributed by atoms with Crippen molar-refractivity contribution < 1.29 is 9.53 Å². The molecular formula is C18H21NO2. The number of amides is 1. The fourth-order valence-electron chi connectivity index (χ4n) is 1.94. The first kappa shape index (κ1) is 15.1. The van der Waals surface area contributed by atoms with Gasteiger partial charge in [0, 0.05) is 5.69 Å². The molecule has 0 aromatic heterocycles. The van der Waals surface area contributed by atoms with Gasteiger partial charge in [0.05, 0.1) is 0 Å². The summed E-state index contributed by atoms with van der Waals surface area (Å²) >= 11 is 0. The number of rotatable bonds is 5. The Morgan fingerprint density at radius 3 is 2.24 bits per heavy atom. The molecular weight excluding hydrogens is 262 g/mol. The van der Waals surface area contributed by atoms with E-state index in [4.69, 9.17) is 4.74 Å². The number of hydrogen-bond donors (Lipinski definition) is 1. The molecule has 1 amide bonds. The number of ether oxygens (including phenoxy) is 1. The summed E-state index contributed by atoms with van der Waals surface area (Å²) in [4.78, 5) is 12.3. The van der Waals surface area contributed by atoms with Crippen LogP contribution in [0.4, 0.5) is 5.69 Å². The molecule has 0 radical (unpaired) electrons. The van der Waals surface area contributed by atoms with Crippen LogP contribution in [0.2, 0.25) is 0 Å². The molecule has 0 aliphatic rings. The number of benzene rings is 2. The molecule has 0 bridgehead atoms. The maximum atomic E-state index is 12.3. The minimum Gasteiger partial charge on any atom is -0.478 e. The van der Waals surface area contributed by atoms with Gasteiger partial charge >= 0.3 is 0 Å². The van der Waals surface area contributed by atoms with E-state index in [1.165, 1.54) is 5.56 Å². The molecule has 0 fully saturated rings. The molecule has 3 heteroatoms. The molecule has 110 valence electrons. The molecule has 0 unspecified atom stereocenters. The van der Waals surface area contributed by atoms with E-state index in [0.717, 1.165) is 12.1 Å². The number of carbonyl (C=O) groups excluding carboxylic acids is 1. The zero-order valence-electron chi connectivity index (χ0n) is 12.7. The summed E-state index contributed by atoms with van der Waals surface area (Å²) in [5.41, 5.74) is 1.07. The van der Waals surface area contributed by atoms with Crippen molar-refractivity contribution in [3.05, 3.63) is 60.2 Å². The number of para-hydroxylation sites is 1. The van der Waals surface area contributed by atoms with Gasteiger partial charge in [-0.25, -0.2) is 0 Å². The quantitative estimate of drug-likeness (QED) is 0.899. The SMILES string of the molecule is CCc1ccc(OC(C)(C)C(=O)Nc2ccccc2)cc1. The van der Waals surface area contributed by atoms with Gasteiger partial charge < -0.3 is 10.1 Å². The van der Waals surface area contributed by atoms with Crippen LogP contribution in [0, 0.1) is 0 Å². The van der Waals surface area contributed by atoms with Crippen molar-refractivity contribution in [1.82, 2.24) is 0 Å². The second-order valence-corrected chi connectivity index (χ2v) is 5.43. The van der Waals surface area contributed by atoms with E-state index in [-0.39, 0.29) is 5.91 Å². The highest BCUT2D eigenvalue weighted by Crippen LogP contribution is 2.21. The van der Waals surface area contributed by atoms with E-state index >= 15 is 0 Å². The molecule has 21 heavy (non-hydrogen) atoms. The van der Waals surface area contributed by atoms with Gasteiger partial charge in [-0.1, -0.05) is 37.3 Å². The molecule has 0 heterocycles. The van der Waals surface area contributed by atoms with Crippen molar-refractivity contribution in [3.8, 4) is 5.75 Å². The smallest absolute Gasteiger partial charge is 0.267 e. The maximum absolute atomic E-state index is 12.3. The Morgan fingerprint density at radius 1 is 1.05 bits per heavy atom. The Hall–Kier alpha value is -2.29. The average molecular weight is 283 g/mol. The Labute approximate surface area is 126 Å².